The fraction of sp³-hybridized carbons (Fsp3) is 0.176. The zero-order valence-corrected chi connectivity index (χ0v) is 15.4. The first-order valence-corrected chi connectivity index (χ1v) is 9.73. The summed E-state index contributed by atoms with van der Waals surface area (Å²) in [6, 6.07) is 9.13. The number of nitrogens with zero attached hydrogens (tertiary/aromatic N) is 1. The van der Waals surface area contributed by atoms with Gasteiger partial charge in [-0.1, -0.05) is 12.1 Å². The molecule has 0 aliphatic rings. The number of nitro groups is 1. The Morgan fingerprint density at radius 1 is 1.18 bits per heavy atom. The molecule has 10 nitrogen and oxygen atoms in total. The fourth-order valence-electron chi connectivity index (χ4n) is 2.22. The number of carbonyl (C=O) groups is 2. The number of nitro benzene ring substituents is 1. The minimum absolute atomic E-state index is 0.0179. The average Bonchev–Trinajstić information content (AvgIpc) is 2.60. The van der Waals surface area contributed by atoms with Crippen LogP contribution >= 0.6 is 0 Å². The summed E-state index contributed by atoms with van der Waals surface area (Å²) in [7, 11) is -3.67. The number of carboxylic acids is 1. The first kappa shape index (κ1) is 20.8. The monoisotopic (exact) mass is 408 g/mol. The SMILES string of the molecule is CS(=O)(=O)Nc1ccc([N+](=O)[O-])cc1Oc1cccc(C(=O)CCC(=O)O)c1. The Morgan fingerprint density at radius 3 is 2.50 bits per heavy atom. The summed E-state index contributed by atoms with van der Waals surface area (Å²) in [6.07, 6.45) is 0.396. The molecule has 148 valence electrons. The summed E-state index contributed by atoms with van der Waals surface area (Å²) >= 11 is 0. The quantitative estimate of drug-likeness (QED) is 0.365. The van der Waals surface area contributed by atoms with Gasteiger partial charge in [0.15, 0.2) is 11.5 Å². The van der Waals surface area contributed by atoms with E-state index in [1.165, 1.54) is 30.3 Å². The van der Waals surface area contributed by atoms with Crippen LogP contribution < -0.4 is 9.46 Å². The molecule has 0 unspecified atom stereocenters. The van der Waals surface area contributed by atoms with Crippen molar-refractivity contribution in [1.29, 1.82) is 0 Å². The number of hydrogen-bond acceptors (Lipinski definition) is 7. The van der Waals surface area contributed by atoms with Gasteiger partial charge in [-0.3, -0.25) is 24.4 Å². The van der Waals surface area contributed by atoms with Gasteiger partial charge < -0.3 is 9.84 Å². The van der Waals surface area contributed by atoms with Crippen LogP contribution in [0.3, 0.4) is 0 Å². The molecular weight excluding hydrogens is 392 g/mol. The second kappa shape index (κ2) is 8.48. The van der Waals surface area contributed by atoms with Crippen molar-refractivity contribution >= 4 is 33.2 Å². The van der Waals surface area contributed by atoms with Gasteiger partial charge in [0.2, 0.25) is 10.0 Å². The van der Waals surface area contributed by atoms with Gasteiger partial charge in [0.25, 0.3) is 5.69 Å². The number of hydrogen-bond donors (Lipinski definition) is 2. The van der Waals surface area contributed by atoms with E-state index in [0.29, 0.717) is 0 Å². The van der Waals surface area contributed by atoms with E-state index in [4.69, 9.17) is 9.84 Å². The van der Waals surface area contributed by atoms with E-state index >= 15 is 0 Å². The maximum Gasteiger partial charge on any atom is 0.303 e. The van der Waals surface area contributed by atoms with Gasteiger partial charge in [-0.15, -0.1) is 0 Å². The molecule has 2 aromatic rings. The Balaban J connectivity index is 2.34. The largest absolute Gasteiger partial charge is 0.481 e. The molecule has 0 spiro atoms. The van der Waals surface area contributed by atoms with E-state index in [9.17, 15) is 28.1 Å². The normalized spacial score (nSPS) is 10.9. The van der Waals surface area contributed by atoms with E-state index in [1.54, 1.807) is 0 Å². The number of nitrogens with one attached hydrogen (secondary N) is 1. The molecule has 0 heterocycles. The van der Waals surface area contributed by atoms with Crippen LogP contribution in [-0.4, -0.2) is 36.5 Å². The minimum Gasteiger partial charge on any atom is -0.481 e. The van der Waals surface area contributed by atoms with Gasteiger partial charge in [0.05, 0.1) is 29.4 Å². The third kappa shape index (κ3) is 6.06. The molecule has 0 saturated carbocycles. The summed E-state index contributed by atoms with van der Waals surface area (Å²) < 4.78 is 30.8. The average molecular weight is 408 g/mol. The van der Waals surface area contributed by atoms with E-state index < -0.39 is 26.7 Å². The van der Waals surface area contributed by atoms with E-state index in [0.717, 1.165) is 18.4 Å². The maximum atomic E-state index is 12.1. The first-order chi connectivity index (χ1) is 13.0. The van der Waals surface area contributed by atoms with E-state index in [1.807, 2.05) is 0 Å². The lowest BCUT2D eigenvalue weighted by molar-refractivity contribution is -0.384. The van der Waals surface area contributed by atoms with Crippen molar-refractivity contribution in [2.75, 3.05) is 11.0 Å². The van der Waals surface area contributed by atoms with Crippen molar-refractivity contribution in [1.82, 2.24) is 0 Å². The van der Waals surface area contributed by atoms with Crippen LogP contribution in [0.25, 0.3) is 0 Å². The number of anilines is 1. The highest BCUT2D eigenvalue weighted by Crippen LogP contribution is 2.34. The molecule has 0 atom stereocenters. The Morgan fingerprint density at radius 2 is 1.89 bits per heavy atom. The van der Waals surface area contributed by atoms with Crippen molar-refractivity contribution in [2.24, 2.45) is 0 Å². The van der Waals surface area contributed by atoms with Crippen LogP contribution in [0.2, 0.25) is 0 Å². The third-order valence-electron chi connectivity index (χ3n) is 3.42. The van der Waals surface area contributed by atoms with Crippen LogP contribution in [0.4, 0.5) is 11.4 Å². The second-order valence-corrected chi connectivity index (χ2v) is 7.51. The molecule has 2 N–H and O–H groups in total. The van der Waals surface area contributed by atoms with Crippen molar-refractivity contribution in [3.8, 4) is 11.5 Å². The number of carbonyl (C=O) groups excluding carboxylic acids is 1. The number of aliphatic carboxylic acids is 1. The van der Waals surface area contributed by atoms with Crippen LogP contribution in [0, 0.1) is 10.1 Å². The lowest BCUT2D eigenvalue weighted by atomic mass is 10.1. The van der Waals surface area contributed by atoms with Gasteiger partial charge in [-0.2, -0.15) is 0 Å². The van der Waals surface area contributed by atoms with E-state index in [-0.39, 0.29) is 41.3 Å². The van der Waals surface area contributed by atoms with Gasteiger partial charge in [-0.25, -0.2) is 8.42 Å². The molecule has 11 heteroatoms. The van der Waals surface area contributed by atoms with Crippen molar-refractivity contribution in [3.63, 3.8) is 0 Å². The number of rotatable bonds is 9. The number of ketones is 1. The molecule has 0 aliphatic heterocycles. The Labute approximate surface area is 160 Å². The minimum atomic E-state index is -3.67. The molecular formula is C17H16N2O8S. The molecule has 0 fully saturated rings. The molecule has 0 amide bonds. The number of ether oxygens (including phenoxy) is 1. The van der Waals surface area contributed by atoms with Crippen molar-refractivity contribution < 1.29 is 32.8 Å². The third-order valence-corrected chi connectivity index (χ3v) is 4.01. The molecule has 0 radical (unpaired) electrons. The molecule has 28 heavy (non-hydrogen) atoms. The molecule has 0 aliphatic carbocycles. The van der Waals surface area contributed by atoms with Gasteiger partial charge in [0, 0.05) is 18.1 Å². The van der Waals surface area contributed by atoms with Crippen LogP contribution in [-0.2, 0) is 14.8 Å². The van der Waals surface area contributed by atoms with Crippen molar-refractivity contribution in [2.45, 2.75) is 12.8 Å². The smallest absolute Gasteiger partial charge is 0.303 e. The van der Waals surface area contributed by atoms with Gasteiger partial charge >= 0.3 is 5.97 Å². The number of sulfonamides is 1. The lowest BCUT2D eigenvalue weighted by Gasteiger charge is -2.12. The second-order valence-electron chi connectivity index (χ2n) is 5.76. The Hall–Kier alpha value is -3.47. The topological polar surface area (TPSA) is 153 Å². The number of Topliss-reactive ketones (excluding diaryl/α,β-unsaturated/α-hetero) is 1. The molecule has 2 rings (SSSR count). The lowest BCUT2D eigenvalue weighted by Crippen LogP contribution is -2.10. The van der Waals surface area contributed by atoms with Crippen LogP contribution in [0.1, 0.15) is 23.2 Å². The van der Waals surface area contributed by atoms with Crippen LogP contribution in [0.5, 0.6) is 11.5 Å². The summed E-state index contributed by atoms with van der Waals surface area (Å²) in [5.41, 5.74) is -0.139. The maximum absolute atomic E-state index is 12.1. The van der Waals surface area contributed by atoms with E-state index in [2.05, 4.69) is 4.72 Å². The Bertz CT molecular complexity index is 1030. The van der Waals surface area contributed by atoms with Crippen LogP contribution in [0.15, 0.2) is 42.5 Å². The predicted molar refractivity (Wildman–Crippen MR) is 99.3 cm³/mol. The number of benzene rings is 2. The summed E-state index contributed by atoms with van der Waals surface area (Å²) in [4.78, 5) is 33.0. The summed E-state index contributed by atoms with van der Waals surface area (Å²) in [5, 5.41) is 19.7. The number of non-ortho nitro benzene ring substituents is 1. The van der Waals surface area contributed by atoms with Gasteiger partial charge in [0.1, 0.15) is 5.75 Å². The zero-order chi connectivity index (χ0) is 20.9. The summed E-state index contributed by atoms with van der Waals surface area (Å²) in [5.74, 6) is -1.52. The van der Waals surface area contributed by atoms with Gasteiger partial charge in [-0.05, 0) is 18.2 Å². The number of carboxylic acid groups (broad SMARTS) is 1. The standard InChI is InChI=1S/C17H16N2O8S/c1-28(25,26)18-14-6-5-12(19(23)24)10-16(14)27-13-4-2-3-11(9-13)15(20)7-8-17(21)22/h2-6,9-10,18H,7-8H2,1H3,(H,21,22). The first-order valence-electron chi connectivity index (χ1n) is 7.84. The van der Waals surface area contributed by atoms with Crippen molar-refractivity contribution in [3.05, 3.63) is 58.1 Å². The fourth-order valence-corrected chi connectivity index (χ4v) is 2.79. The highest BCUT2D eigenvalue weighted by Gasteiger charge is 2.16. The Kier molecular flexibility index (Phi) is 6.31. The highest BCUT2D eigenvalue weighted by molar-refractivity contribution is 7.92. The predicted octanol–water partition coefficient (Wildman–Crippen LogP) is 2.81. The molecule has 0 aromatic heterocycles. The zero-order valence-electron chi connectivity index (χ0n) is 14.6. The molecule has 0 saturated heterocycles. The summed E-state index contributed by atoms with van der Waals surface area (Å²) in [6.45, 7) is 0. The molecule has 2 aromatic carbocycles. The molecule has 0 bridgehead atoms. The highest BCUT2D eigenvalue weighted by atomic mass is 32.2.